The molecule has 0 amide bonds. The van der Waals surface area contributed by atoms with Crippen LogP contribution in [0.1, 0.15) is 22.3 Å². The average Bonchev–Trinajstić information content (AvgIpc) is 2.74. The van der Waals surface area contributed by atoms with Crippen molar-refractivity contribution in [3.8, 4) is 16.9 Å². The van der Waals surface area contributed by atoms with Crippen LogP contribution in [0, 0.1) is 5.82 Å². The highest BCUT2D eigenvalue weighted by atomic mass is 35.5. The van der Waals surface area contributed by atoms with Crippen LogP contribution >= 0.6 is 11.6 Å². The van der Waals surface area contributed by atoms with Gasteiger partial charge in [-0.05, 0) is 53.8 Å². The fourth-order valence-electron chi connectivity index (χ4n) is 3.40. The molecule has 0 radical (unpaired) electrons. The van der Waals surface area contributed by atoms with Gasteiger partial charge in [-0.2, -0.15) is 0 Å². The van der Waals surface area contributed by atoms with E-state index in [1.807, 2.05) is 24.3 Å². The number of aryl methyl sites for hydroxylation is 1. The van der Waals surface area contributed by atoms with Crippen LogP contribution in [0.5, 0.6) is 5.75 Å². The molecule has 0 spiro atoms. The minimum Gasteiger partial charge on any atom is -0.505 e. The molecule has 1 heterocycles. The molecule has 0 atom stereocenters. The molecule has 31 heavy (non-hydrogen) atoms. The van der Waals surface area contributed by atoms with Crippen molar-refractivity contribution in [2.45, 2.75) is 17.7 Å². The van der Waals surface area contributed by atoms with Crippen molar-refractivity contribution in [2.75, 3.05) is 11.3 Å². The summed E-state index contributed by atoms with van der Waals surface area (Å²) in [5.41, 5.74) is 1.90. The summed E-state index contributed by atoms with van der Waals surface area (Å²) in [7, 11) is -4.49. The maximum Gasteiger partial charge on any atom is 0.338 e. The summed E-state index contributed by atoms with van der Waals surface area (Å²) in [6.07, 6.45) is 1.11. The lowest BCUT2D eigenvalue weighted by molar-refractivity contribution is 0.0500. The molecule has 160 valence electrons. The SMILES string of the molecule is O=C1OCCCc2ccccc2-c2ccc(F)c(c2)NS(=O)(=O)c2cc1cc(Cl)c2O. The highest BCUT2D eigenvalue weighted by Crippen LogP contribution is 2.35. The van der Waals surface area contributed by atoms with E-state index in [4.69, 9.17) is 16.3 Å². The number of hydrogen-bond donors (Lipinski definition) is 2. The Bertz CT molecular complexity index is 1290. The lowest BCUT2D eigenvalue weighted by Crippen LogP contribution is -2.16. The van der Waals surface area contributed by atoms with Crippen LogP contribution in [0.25, 0.3) is 11.1 Å². The van der Waals surface area contributed by atoms with Crippen molar-refractivity contribution >= 4 is 33.3 Å². The molecule has 0 fully saturated rings. The minimum atomic E-state index is -4.49. The normalized spacial score (nSPS) is 15.6. The van der Waals surface area contributed by atoms with Crippen LogP contribution < -0.4 is 4.72 Å². The molecule has 6 nitrogen and oxygen atoms in total. The number of sulfonamides is 1. The fraction of sp³-hybridized carbons (Fsp3) is 0.136. The summed E-state index contributed by atoms with van der Waals surface area (Å²) in [5, 5.41) is 9.86. The number of rotatable bonds is 0. The Morgan fingerprint density at radius 1 is 1.06 bits per heavy atom. The molecule has 9 heteroatoms. The van der Waals surface area contributed by atoms with Crippen LogP contribution in [0.15, 0.2) is 59.5 Å². The third kappa shape index (κ3) is 4.22. The van der Waals surface area contributed by atoms with Crippen LogP contribution in [0.2, 0.25) is 5.02 Å². The topological polar surface area (TPSA) is 92.7 Å². The molecule has 1 aliphatic rings. The molecule has 3 aromatic rings. The Kier molecular flexibility index (Phi) is 5.60. The summed E-state index contributed by atoms with van der Waals surface area (Å²) >= 11 is 5.94. The first-order chi connectivity index (χ1) is 14.8. The van der Waals surface area contributed by atoms with E-state index in [1.54, 1.807) is 6.07 Å². The van der Waals surface area contributed by atoms with Crippen molar-refractivity contribution in [1.29, 1.82) is 0 Å². The Morgan fingerprint density at radius 2 is 1.84 bits per heavy atom. The van der Waals surface area contributed by atoms with E-state index >= 15 is 0 Å². The van der Waals surface area contributed by atoms with Crippen LogP contribution in [-0.4, -0.2) is 26.1 Å². The molecule has 0 unspecified atom stereocenters. The van der Waals surface area contributed by atoms with E-state index < -0.39 is 32.5 Å². The first-order valence-electron chi connectivity index (χ1n) is 9.36. The van der Waals surface area contributed by atoms with Crippen LogP contribution in [0.3, 0.4) is 0 Å². The lowest BCUT2D eigenvalue weighted by Gasteiger charge is -2.14. The van der Waals surface area contributed by atoms with Gasteiger partial charge in [-0.15, -0.1) is 0 Å². The number of halogens is 2. The molecular formula is C22H17ClFNO5S. The summed E-state index contributed by atoms with van der Waals surface area (Å²) in [6.45, 7) is 0.0979. The van der Waals surface area contributed by atoms with Gasteiger partial charge in [0.2, 0.25) is 0 Å². The van der Waals surface area contributed by atoms with Gasteiger partial charge in [0.15, 0.2) is 5.75 Å². The highest BCUT2D eigenvalue weighted by molar-refractivity contribution is 7.92. The second-order valence-electron chi connectivity index (χ2n) is 7.00. The molecule has 0 aliphatic carbocycles. The van der Waals surface area contributed by atoms with Gasteiger partial charge in [0.25, 0.3) is 10.0 Å². The number of ether oxygens (including phenoxy) is 1. The number of aromatic hydroxyl groups is 1. The van der Waals surface area contributed by atoms with Gasteiger partial charge < -0.3 is 9.84 Å². The molecule has 0 aromatic heterocycles. The monoisotopic (exact) mass is 461 g/mol. The van der Waals surface area contributed by atoms with Crippen molar-refractivity contribution in [3.05, 3.63) is 76.6 Å². The van der Waals surface area contributed by atoms with Gasteiger partial charge in [-0.3, -0.25) is 4.72 Å². The largest absolute Gasteiger partial charge is 0.505 e. The zero-order valence-corrected chi connectivity index (χ0v) is 17.6. The number of carbonyl (C=O) groups excluding carboxylic acids is 1. The summed E-state index contributed by atoms with van der Waals surface area (Å²) in [5.74, 6) is -2.33. The molecule has 3 aromatic carbocycles. The first kappa shape index (κ1) is 21.1. The van der Waals surface area contributed by atoms with Gasteiger partial charge in [0, 0.05) is 0 Å². The third-order valence-corrected chi connectivity index (χ3v) is 6.58. The lowest BCUT2D eigenvalue weighted by atomic mass is 9.96. The minimum absolute atomic E-state index is 0.0979. The van der Waals surface area contributed by atoms with Crippen LogP contribution in [0.4, 0.5) is 10.1 Å². The number of anilines is 1. The zero-order valence-electron chi connectivity index (χ0n) is 16.1. The van der Waals surface area contributed by atoms with E-state index in [1.165, 1.54) is 6.07 Å². The number of carbonyl (C=O) groups is 1. The van der Waals surface area contributed by atoms with Gasteiger partial charge in [-0.25, -0.2) is 17.6 Å². The summed E-state index contributed by atoms with van der Waals surface area (Å²) in [4.78, 5) is 11.7. The molecule has 4 bridgehead atoms. The maximum absolute atomic E-state index is 14.5. The number of fused-ring (bicyclic) bond motifs is 6. The molecule has 0 saturated carbocycles. The predicted molar refractivity (Wildman–Crippen MR) is 114 cm³/mol. The second kappa shape index (κ2) is 8.20. The quantitative estimate of drug-likeness (QED) is 0.471. The Morgan fingerprint density at radius 3 is 2.65 bits per heavy atom. The maximum atomic E-state index is 14.5. The molecule has 0 saturated heterocycles. The van der Waals surface area contributed by atoms with E-state index in [9.17, 15) is 22.7 Å². The molecule has 4 rings (SSSR count). The Hall–Kier alpha value is -3.10. The van der Waals surface area contributed by atoms with Gasteiger partial charge >= 0.3 is 5.97 Å². The number of benzene rings is 3. The van der Waals surface area contributed by atoms with Crippen molar-refractivity contribution < 1.29 is 27.4 Å². The number of cyclic esters (lactones) is 1. The van der Waals surface area contributed by atoms with E-state index in [0.717, 1.165) is 29.3 Å². The number of esters is 1. The van der Waals surface area contributed by atoms with E-state index in [-0.39, 0.29) is 22.9 Å². The summed E-state index contributed by atoms with van der Waals surface area (Å²) < 4.78 is 47.8. The standard InChI is InChI=1S/C22H17ClFNO5S/c23-17-10-15-12-20(21(17)26)31(28,29)25-19-11-14(7-8-18(19)24)16-6-2-1-4-13(16)5-3-9-30-22(15)27/h1-2,4,6-8,10-12,25-26H,3,5,9H2. The Labute approximate surface area is 183 Å². The van der Waals surface area contributed by atoms with Crippen molar-refractivity contribution in [3.63, 3.8) is 0 Å². The predicted octanol–water partition coefficient (Wildman–Crippen LogP) is 4.76. The smallest absolute Gasteiger partial charge is 0.338 e. The van der Waals surface area contributed by atoms with Gasteiger partial charge in [0.05, 0.1) is 22.9 Å². The van der Waals surface area contributed by atoms with Gasteiger partial charge in [0.1, 0.15) is 10.7 Å². The number of hydrogen-bond acceptors (Lipinski definition) is 5. The molecular weight excluding hydrogens is 445 g/mol. The fourth-order valence-corrected chi connectivity index (χ4v) is 4.88. The van der Waals surface area contributed by atoms with Gasteiger partial charge in [-0.1, -0.05) is 41.9 Å². The second-order valence-corrected chi connectivity index (χ2v) is 9.06. The van der Waals surface area contributed by atoms with Crippen LogP contribution in [-0.2, 0) is 21.2 Å². The average molecular weight is 462 g/mol. The van der Waals surface area contributed by atoms with E-state index in [2.05, 4.69) is 4.72 Å². The zero-order chi connectivity index (χ0) is 22.2. The number of phenols is 1. The molecule has 1 aliphatic heterocycles. The van der Waals surface area contributed by atoms with E-state index in [0.29, 0.717) is 18.4 Å². The number of phenolic OH excluding ortho intramolecular Hbond substituents is 1. The van der Waals surface area contributed by atoms with Crippen molar-refractivity contribution in [2.24, 2.45) is 0 Å². The molecule has 2 N–H and O–H groups in total. The Balaban J connectivity index is 1.90. The van der Waals surface area contributed by atoms with Crippen molar-refractivity contribution in [1.82, 2.24) is 0 Å². The number of nitrogens with one attached hydrogen (secondary N) is 1. The summed E-state index contributed by atoms with van der Waals surface area (Å²) in [6, 6.07) is 13.6. The highest BCUT2D eigenvalue weighted by Gasteiger charge is 2.25. The third-order valence-electron chi connectivity index (χ3n) is 4.92. The first-order valence-corrected chi connectivity index (χ1v) is 11.2.